The predicted molar refractivity (Wildman–Crippen MR) is 85.2 cm³/mol. The van der Waals surface area contributed by atoms with Gasteiger partial charge in [-0.3, -0.25) is 0 Å². The summed E-state index contributed by atoms with van der Waals surface area (Å²) in [5.74, 6) is 0.287. The molecule has 0 saturated carbocycles. The minimum Gasteiger partial charge on any atom is -0.363 e. The van der Waals surface area contributed by atoms with Gasteiger partial charge >= 0.3 is 0 Å². The van der Waals surface area contributed by atoms with Crippen LogP contribution in [0.4, 0.5) is 10.2 Å². The Morgan fingerprint density at radius 3 is 2.91 bits per heavy atom. The molecule has 0 amide bonds. The van der Waals surface area contributed by atoms with Gasteiger partial charge in [-0.05, 0) is 42.5 Å². The summed E-state index contributed by atoms with van der Waals surface area (Å²) >= 11 is 0. The second-order valence-corrected chi connectivity index (χ2v) is 5.64. The first-order valence-electron chi connectivity index (χ1n) is 7.56. The SMILES string of the molecule is Fc1cccc2ncnc(NC3CCCc4ccccc43)c12. The van der Waals surface area contributed by atoms with E-state index in [0.29, 0.717) is 16.7 Å². The summed E-state index contributed by atoms with van der Waals surface area (Å²) in [6.07, 6.45) is 4.74. The maximum Gasteiger partial charge on any atom is 0.140 e. The van der Waals surface area contributed by atoms with E-state index in [2.05, 4.69) is 39.6 Å². The van der Waals surface area contributed by atoms with Crippen LogP contribution in [0.25, 0.3) is 10.9 Å². The molecular formula is C18H16FN3. The lowest BCUT2D eigenvalue weighted by Crippen LogP contribution is -2.18. The number of fused-ring (bicyclic) bond motifs is 2. The fourth-order valence-electron chi connectivity index (χ4n) is 3.25. The van der Waals surface area contributed by atoms with Gasteiger partial charge in [-0.15, -0.1) is 0 Å². The van der Waals surface area contributed by atoms with Crippen LogP contribution in [0.2, 0.25) is 0 Å². The van der Waals surface area contributed by atoms with Gasteiger partial charge in [-0.2, -0.15) is 0 Å². The van der Waals surface area contributed by atoms with E-state index < -0.39 is 0 Å². The molecule has 0 spiro atoms. The Labute approximate surface area is 128 Å². The Kier molecular flexibility index (Phi) is 3.22. The summed E-state index contributed by atoms with van der Waals surface area (Å²) < 4.78 is 14.2. The highest BCUT2D eigenvalue weighted by molar-refractivity contribution is 5.89. The van der Waals surface area contributed by atoms with Crippen molar-refractivity contribution in [3.8, 4) is 0 Å². The Balaban J connectivity index is 1.77. The molecule has 22 heavy (non-hydrogen) atoms. The lowest BCUT2D eigenvalue weighted by atomic mass is 9.88. The van der Waals surface area contributed by atoms with E-state index in [4.69, 9.17) is 0 Å². The molecule has 3 nitrogen and oxygen atoms in total. The Morgan fingerprint density at radius 1 is 1.05 bits per heavy atom. The third-order valence-electron chi connectivity index (χ3n) is 4.29. The van der Waals surface area contributed by atoms with E-state index in [0.717, 1.165) is 19.3 Å². The molecule has 2 aromatic carbocycles. The first-order valence-corrected chi connectivity index (χ1v) is 7.56. The number of benzene rings is 2. The Bertz CT molecular complexity index is 826. The molecule has 4 heteroatoms. The molecule has 0 fully saturated rings. The van der Waals surface area contributed by atoms with Gasteiger partial charge < -0.3 is 5.32 Å². The highest BCUT2D eigenvalue weighted by Crippen LogP contribution is 2.33. The van der Waals surface area contributed by atoms with Crippen LogP contribution in [-0.4, -0.2) is 9.97 Å². The van der Waals surface area contributed by atoms with Gasteiger partial charge in [0.25, 0.3) is 0 Å². The van der Waals surface area contributed by atoms with E-state index in [9.17, 15) is 4.39 Å². The van der Waals surface area contributed by atoms with Gasteiger partial charge in [0.1, 0.15) is 18.0 Å². The van der Waals surface area contributed by atoms with Crippen molar-refractivity contribution in [1.82, 2.24) is 9.97 Å². The molecule has 3 aromatic rings. The second-order valence-electron chi connectivity index (χ2n) is 5.64. The molecule has 0 bridgehead atoms. The molecule has 0 aliphatic heterocycles. The van der Waals surface area contributed by atoms with Crippen LogP contribution in [0.3, 0.4) is 0 Å². The number of hydrogen-bond donors (Lipinski definition) is 1. The minimum absolute atomic E-state index is 0.169. The van der Waals surface area contributed by atoms with Gasteiger partial charge in [0, 0.05) is 0 Å². The predicted octanol–water partition coefficient (Wildman–Crippen LogP) is 4.26. The van der Waals surface area contributed by atoms with Crippen molar-refractivity contribution >= 4 is 16.7 Å². The summed E-state index contributed by atoms with van der Waals surface area (Å²) in [4.78, 5) is 8.42. The average molecular weight is 293 g/mol. The molecule has 1 N–H and O–H groups in total. The molecule has 4 rings (SSSR count). The van der Waals surface area contributed by atoms with Crippen molar-refractivity contribution in [3.63, 3.8) is 0 Å². The smallest absolute Gasteiger partial charge is 0.140 e. The molecule has 1 heterocycles. The van der Waals surface area contributed by atoms with Crippen LogP contribution in [0.1, 0.15) is 30.0 Å². The second kappa shape index (κ2) is 5.37. The zero-order valence-electron chi connectivity index (χ0n) is 12.1. The molecule has 0 radical (unpaired) electrons. The van der Waals surface area contributed by atoms with Gasteiger partial charge in [0.15, 0.2) is 0 Å². The van der Waals surface area contributed by atoms with Gasteiger partial charge in [0.2, 0.25) is 0 Å². The van der Waals surface area contributed by atoms with E-state index in [1.807, 2.05) is 0 Å². The van der Waals surface area contributed by atoms with Crippen molar-refractivity contribution in [1.29, 1.82) is 0 Å². The summed E-state index contributed by atoms with van der Waals surface area (Å²) in [6, 6.07) is 13.5. The number of aryl methyl sites for hydroxylation is 1. The third-order valence-corrected chi connectivity index (χ3v) is 4.29. The zero-order valence-corrected chi connectivity index (χ0v) is 12.1. The monoisotopic (exact) mass is 293 g/mol. The molecule has 0 saturated heterocycles. The maximum atomic E-state index is 14.2. The number of hydrogen-bond acceptors (Lipinski definition) is 3. The molecule has 1 aromatic heterocycles. The number of halogens is 1. The first-order chi connectivity index (χ1) is 10.8. The lowest BCUT2D eigenvalue weighted by molar-refractivity contribution is 0.598. The third kappa shape index (κ3) is 2.21. The van der Waals surface area contributed by atoms with Crippen molar-refractivity contribution in [2.45, 2.75) is 25.3 Å². The summed E-state index contributed by atoms with van der Waals surface area (Å²) in [7, 11) is 0. The molecule has 110 valence electrons. The van der Waals surface area contributed by atoms with E-state index in [1.54, 1.807) is 12.1 Å². The van der Waals surface area contributed by atoms with Crippen molar-refractivity contribution in [2.24, 2.45) is 0 Å². The van der Waals surface area contributed by atoms with Crippen molar-refractivity contribution in [2.75, 3.05) is 5.32 Å². The van der Waals surface area contributed by atoms with E-state index in [-0.39, 0.29) is 11.9 Å². The fourth-order valence-corrected chi connectivity index (χ4v) is 3.25. The summed E-state index contributed by atoms with van der Waals surface area (Å²) in [5.41, 5.74) is 3.28. The fraction of sp³-hybridized carbons (Fsp3) is 0.222. The van der Waals surface area contributed by atoms with E-state index in [1.165, 1.54) is 23.5 Å². The summed E-state index contributed by atoms with van der Waals surface area (Å²) in [5, 5.41) is 3.90. The normalized spacial score (nSPS) is 17.2. The quantitative estimate of drug-likeness (QED) is 0.767. The Morgan fingerprint density at radius 2 is 1.95 bits per heavy atom. The molecular weight excluding hydrogens is 277 g/mol. The average Bonchev–Trinajstić information content (AvgIpc) is 2.56. The number of nitrogens with one attached hydrogen (secondary N) is 1. The number of rotatable bonds is 2. The lowest BCUT2D eigenvalue weighted by Gasteiger charge is -2.27. The molecule has 1 unspecified atom stereocenters. The van der Waals surface area contributed by atoms with E-state index >= 15 is 0 Å². The van der Waals surface area contributed by atoms with Crippen molar-refractivity contribution in [3.05, 3.63) is 65.7 Å². The molecule has 1 atom stereocenters. The van der Waals surface area contributed by atoms with Crippen LogP contribution < -0.4 is 5.32 Å². The minimum atomic E-state index is -0.287. The zero-order chi connectivity index (χ0) is 14.9. The van der Waals surface area contributed by atoms with Crippen molar-refractivity contribution < 1.29 is 4.39 Å². The standard InChI is InChI=1S/C18H16FN3/c19-14-8-4-10-16-17(14)18(21-11-20-16)22-15-9-3-6-12-5-1-2-7-13(12)15/h1-2,4-5,7-8,10-11,15H,3,6,9H2,(H,20,21,22). The van der Waals surface area contributed by atoms with Crippen LogP contribution in [0.15, 0.2) is 48.8 Å². The summed E-state index contributed by atoms with van der Waals surface area (Å²) in [6.45, 7) is 0. The highest BCUT2D eigenvalue weighted by Gasteiger charge is 2.21. The first kappa shape index (κ1) is 13.2. The highest BCUT2D eigenvalue weighted by atomic mass is 19.1. The van der Waals surface area contributed by atoms with Gasteiger partial charge in [-0.1, -0.05) is 30.3 Å². The molecule has 1 aliphatic carbocycles. The topological polar surface area (TPSA) is 37.8 Å². The van der Waals surface area contributed by atoms with Gasteiger partial charge in [0.05, 0.1) is 16.9 Å². The van der Waals surface area contributed by atoms with Crippen LogP contribution in [-0.2, 0) is 6.42 Å². The van der Waals surface area contributed by atoms with Crippen LogP contribution in [0, 0.1) is 5.82 Å². The number of aromatic nitrogens is 2. The van der Waals surface area contributed by atoms with Gasteiger partial charge in [-0.25, -0.2) is 14.4 Å². The number of nitrogens with zero attached hydrogens (tertiary/aromatic N) is 2. The largest absolute Gasteiger partial charge is 0.363 e. The Hall–Kier alpha value is -2.49. The van der Waals surface area contributed by atoms with Crippen LogP contribution in [0.5, 0.6) is 0 Å². The molecule has 1 aliphatic rings. The van der Waals surface area contributed by atoms with Crippen LogP contribution >= 0.6 is 0 Å². The number of anilines is 1. The maximum absolute atomic E-state index is 14.2.